The molecule has 3 rings (SSSR count). The van der Waals surface area contributed by atoms with Crippen LogP contribution in [0.25, 0.3) is 5.65 Å². The molecule has 0 saturated heterocycles. The van der Waals surface area contributed by atoms with Crippen molar-refractivity contribution in [2.24, 2.45) is 0 Å². The van der Waals surface area contributed by atoms with E-state index in [0.29, 0.717) is 12.8 Å². The number of carboxylic acid groups (broad SMARTS) is 1. The molecule has 1 saturated carbocycles. The number of fused-ring (bicyclic) bond motifs is 1. The van der Waals surface area contributed by atoms with Crippen molar-refractivity contribution < 1.29 is 9.90 Å². The zero-order valence-electron chi connectivity index (χ0n) is 8.84. The quantitative estimate of drug-likeness (QED) is 0.819. The van der Waals surface area contributed by atoms with E-state index in [1.165, 1.54) is 0 Å². The highest BCUT2D eigenvalue weighted by molar-refractivity contribution is 5.84. The zero-order chi connectivity index (χ0) is 11.3. The van der Waals surface area contributed by atoms with Crippen molar-refractivity contribution in [2.45, 2.75) is 25.2 Å². The lowest BCUT2D eigenvalue weighted by molar-refractivity contribution is -0.140. The summed E-state index contributed by atoms with van der Waals surface area (Å²) < 4.78 is 1.65. The number of nitrogens with zero attached hydrogens (tertiary/aromatic N) is 3. The van der Waals surface area contributed by atoms with E-state index in [1.54, 1.807) is 16.9 Å². The predicted octanol–water partition coefficient (Wildman–Crippen LogP) is 1.15. The van der Waals surface area contributed by atoms with Gasteiger partial charge in [-0.25, -0.2) is 9.50 Å². The smallest absolute Gasteiger partial charge is 0.314 e. The van der Waals surface area contributed by atoms with Crippen LogP contribution in [0, 0.1) is 6.92 Å². The highest BCUT2D eigenvalue weighted by Gasteiger charge is 2.52. The third-order valence-corrected chi connectivity index (χ3v) is 3.15. The van der Waals surface area contributed by atoms with Gasteiger partial charge in [0.15, 0.2) is 5.65 Å². The first kappa shape index (κ1) is 9.33. The van der Waals surface area contributed by atoms with Gasteiger partial charge < -0.3 is 5.11 Å². The molecule has 1 fully saturated rings. The Bertz CT molecular complexity index is 584. The first-order valence-corrected chi connectivity index (χ1v) is 5.18. The molecule has 82 valence electrons. The predicted molar refractivity (Wildman–Crippen MR) is 56.3 cm³/mol. The van der Waals surface area contributed by atoms with E-state index >= 15 is 0 Å². The zero-order valence-corrected chi connectivity index (χ0v) is 8.84. The number of hydrogen-bond donors (Lipinski definition) is 1. The van der Waals surface area contributed by atoms with Crippen molar-refractivity contribution in [1.82, 2.24) is 14.6 Å². The van der Waals surface area contributed by atoms with E-state index in [0.717, 1.165) is 16.9 Å². The Balaban J connectivity index is 2.15. The highest BCUT2D eigenvalue weighted by atomic mass is 16.4. The molecule has 0 aromatic carbocycles. The van der Waals surface area contributed by atoms with Crippen molar-refractivity contribution in [1.29, 1.82) is 0 Å². The summed E-state index contributed by atoms with van der Waals surface area (Å²) in [5, 5.41) is 13.4. The minimum Gasteiger partial charge on any atom is -0.481 e. The SMILES string of the molecule is Cc1cc2ncc(C3(C(=O)O)CC3)cn2n1. The number of aromatic nitrogens is 3. The number of aryl methyl sites for hydroxylation is 1. The summed E-state index contributed by atoms with van der Waals surface area (Å²) in [5.74, 6) is -0.766. The Morgan fingerprint density at radius 1 is 1.56 bits per heavy atom. The lowest BCUT2D eigenvalue weighted by Gasteiger charge is -2.08. The van der Waals surface area contributed by atoms with Crippen LogP contribution in [0.2, 0.25) is 0 Å². The summed E-state index contributed by atoms with van der Waals surface area (Å²) in [6, 6.07) is 1.87. The number of carbonyl (C=O) groups is 1. The molecule has 0 radical (unpaired) electrons. The number of aliphatic carboxylic acids is 1. The lowest BCUT2D eigenvalue weighted by Crippen LogP contribution is -2.20. The number of rotatable bonds is 2. The van der Waals surface area contributed by atoms with Crippen LogP contribution in [0.15, 0.2) is 18.5 Å². The van der Waals surface area contributed by atoms with E-state index in [2.05, 4.69) is 10.1 Å². The monoisotopic (exact) mass is 217 g/mol. The Kier molecular flexibility index (Phi) is 1.64. The molecule has 1 aliphatic carbocycles. The molecule has 2 aromatic heterocycles. The average molecular weight is 217 g/mol. The van der Waals surface area contributed by atoms with Gasteiger partial charge in [-0.3, -0.25) is 4.79 Å². The van der Waals surface area contributed by atoms with Crippen LogP contribution in [0.3, 0.4) is 0 Å². The van der Waals surface area contributed by atoms with E-state index in [-0.39, 0.29) is 0 Å². The van der Waals surface area contributed by atoms with Crippen molar-refractivity contribution >= 4 is 11.6 Å². The van der Waals surface area contributed by atoms with Crippen LogP contribution in [0.1, 0.15) is 24.1 Å². The summed E-state index contributed by atoms with van der Waals surface area (Å²) >= 11 is 0. The van der Waals surface area contributed by atoms with Crippen LogP contribution < -0.4 is 0 Å². The number of carboxylic acids is 1. The average Bonchev–Trinajstić information content (AvgIpc) is 2.95. The van der Waals surface area contributed by atoms with E-state index in [4.69, 9.17) is 0 Å². The highest BCUT2D eigenvalue weighted by Crippen LogP contribution is 2.48. The van der Waals surface area contributed by atoms with Gasteiger partial charge in [-0.2, -0.15) is 5.10 Å². The molecule has 0 unspecified atom stereocenters. The van der Waals surface area contributed by atoms with Gasteiger partial charge >= 0.3 is 5.97 Å². The molecule has 0 aliphatic heterocycles. The third-order valence-electron chi connectivity index (χ3n) is 3.15. The van der Waals surface area contributed by atoms with Gasteiger partial charge in [0, 0.05) is 24.0 Å². The molecule has 0 amide bonds. The fraction of sp³-hybridized carbons (Fsp3) is 0.364. The van der Waals surface area contributed by atoms with Gasteiger partial charge in [-0.15, -0.1) is 0 Å². The van der Waals surface area contributed by atoms with Gasteiger partial charge in [0.1, 0.15) is 0 Å². The molecule has 2 aromatic rings. The second-order valence-corrected chi connectivity index (χ2v) is 4.32. The molecule has 1 aliphatic rings. The summed E-state index contributed by atoms with van der Waals surface area (Å²) in [6.07, 6.45) is 4.81. The van der Waals surface area contributed by atoms with Crippen LogP contribution in [-0.4, -0.2) is 25.7 Å². The van der Waals surface area contributed by atoms with Crippen molar-refractivity contribution in [3.05, 3.63) is 29.7 Å². The van der Waals surface area contributed by atoms with Gasteiger partial charge in [-0.1, -0.05) is 0 Å². The minimum atomic E-state index is -0.766. The topological polar surface area (TPSA) is 67.5 Å². The molecule has 5 nitrogen and oxygen atoms in total. The maximum absolute atomic E-state index is 11.2. The Labute approximate surface area is 91.7 Å². The Morgan fingerprint density at radius 2 is 2.31 bits per heavy atom. The molecular weight excluding hydrogens is 206 g/mol. The third kappa shape index (κ3) is 1.14. The first-order valence-electron chi connectivity index (χ1n) is 5.18. The summed E-state index contributed by atoms with van der Waals surface area (Å²) in [7, 11) is 0. The molecule has 0 bridgehead atoms. The first-order chi connectivity index (χ1) is 7.62. The Hall–Kier alpha value is -1.91. The maximum Gasteiger partial charge on any atom is 0.314 e. The molecule has 2 heterocycles. The van der Waals surface area contributed by atoms with Crippen molar-refractivity contribution in [3.8, 4) is 0 Å². The van der Waals surface area contributed by atoms with E-state index < -0.39 is 11.4 Å². The standard InChI is InChI=1S/C11H11N3O2/c1-7-4-9-12-5-8(6-14(9)13-7)11(2-3-11)10(15)16/h4-6H,2-3H2,1H3,(H,15,16). The van der Waals surface area contributed by atoms with E-state index in [1.807, 2.05) is 13.0 Å². The van der Waals surface area contributed by atoms with Gasteiger partial charge in [-0.05, 0) is 19.8 Å². The van der Waals surface area contributed by atoms with Gasteiger partial charge in [0.2, 0.25) is 0 Å². The second-order valence-electron chi connectivity index (χ2n) is 4.32. The second kappa shape index (κ2) is 2.81. The largest absolute Gasteiger partial charge is 0.481 e. The summed E-state index contributed by atoms with van der Waals surface area (Å²) in [5.41, 5.74) is 1.67. The minimum absolute atomic E-state index is 0.690. The molecule has 0 spiro atoms. The van der Waals surface area contributed by atoms with Crippen LogP contribution >= 0.6 is 0 Å². The van der Waals surface area contributed by atoms with Crippen molar-refractivity contribution in [3.63, 3.8) is 0 Å². The molecule has 5 heteroatoms. The van der Waals surface area contributed by atoms with E-state index in [9.17, 15) is 9.90 Å². The molecule has 16 heavy (non-hydrogen) atoms. The van der Waals surface area contributed by atoms with Gasteiger partial charge in [0.25, 0.3) is 0 Å². The lowest BCUT2D eigenvalue weighted by atomic mass is 10.00. The summed E-state index contributed by atoms with van der Waals surface area (Å²) in [4.78, 5) is 15.4. The van der Waals surface area contributed by atoms with Crippen LogP contribution in [0.5, 0.6) is 0 Å². The maximum atomic E-state index is 11.2. The van der Waals surface area contributed by atoms with Crippen molar-refractivity contribution in [2.75, 3.05) is 0 Å². The van der Waals surface area contributed by atoms with Crippen LogP contribution in [-0.2, 0) is 10.2 Å². The molecular formula is C11H11N3O2. The Morgan fingerprint density at radius 3 is 2.94 bits per heavy atom. The van der Waals surface area contributed by atoms with Crippen LogP contribution in [0.4, 0.5) is 0 Å². The fourth-order valence-corrected chi connectivity index (χ4v) is 1.99. The van der Waals surface area contributed by atoms with Gasteiger partial charge in [0.05, 0.1) is 11.1 Å². The summed E-state index contributed by atoms with van der Waals surface area (Å²) in [6.45, 7) is 1.89. The fourth-order valence-electron chi connectivity index (χ4n) is 1.99. The number of hydrogen-bond acceptors (Lipinski definition) is 3. The normalized spacial score (nSPS) is 17.6. The molecule has 0 atom stereocenters. The molecule has 1 N–H and O–H groups in total.